The highest BCUT2D eigenvalue weighted by molar-refractivity contribution is 6.35. The predicted octanol–water partition coefficient (Wildman–Crippen LogP) is 3.45. The van der Waals surface area contributed by atoms with Crippen LogP contribution in [0, 0.1) is 6.92 Å². The Balaban J connectivity index is 1.80. The summed E-state index contributed by atoms with van der Waals surface area (Å²) < 4.78 is 5.34. The highest BCUT2D eigenvalue weighted by Crippen LogP contribution is 2.28. The van der Waals surface area contributed by atoms with Gasteiger partial charge in [0, 0.05) is 11.6 Å². The fourth-order valence-corrected chi connectivity index (χ4v) is 2.58. The average molecular weight is 370 g/mol. The number of aryl methyl sites for hydroxylation is 1. The number of halogens is 2. The summed E-state index contributed by atoms with van der Waals surface area (Å²) in [6.45, 7) is 2.03. The number of aromatic hydroxyl groups is 2. The molecule has 0 bridgehead atoms. The van der Waals surface area contributed by atoms with E-state index in [1.54, 1.807) is 12.1 Å². The fourth-order valence-electron chi connectivity index (χ4n) is 2.12. The summed E-state index contributed by atoms with van der Waals surface area (Å²) in [5, 5.41) is 22.5. The van der Waals surface area contributed by atoms with Crippen LogP contribution < -0.4 is 10.1 Å². The summed E-state index contributed by atoms with van der Waals surface area (Å²) in [6, 6.07) is 7.73. The first-order chi connectivity index (χ1) is 11.4. The van der Waals surface area contributed by atoms with E-state index in [0.29, 0.717) is 28.8 Å². The number of rotatable bonds is 6. The Labute approximate surface area is 149 Å². The normalized spacial score (nSPS) is 10.5. The third-order valence-corrected chi connectivity index (χ3v) is 3.93. The highest BCUT2D eigenvalue weighted by Gasteiger charge is 2.08. The molecule has 0 radical (unpaired) electrons. The van der Waals surface area contributed by atoms with Gasteiger partial charge in [-0.2, -0.15) is 0 Å². The molecule has 0 saturated heterocycles. The van der Waals surface area contributed by atoms with E-state index in [2.05, 4.69) is 5.32 Å². The van der Waals surface area contributed by atoms with Gasteiger partial charge in [0.05, 0.1) is 5.02 Å². The third kappa shape index (κ3) is 4.94. The summed E-state index contributed by atoms with van der Waals surface area (Å²) in [7, 11) is 0. The van der Waals surface area contributed by atoms with Crippen LogP contribution >= 0.6 is 23.2 Å². The second-order valence-corrected chi connectivity index (χ2v) is 6.07. The molecule has 0 heterocycles. The van der Waals surface area contributed by atoms with Gasteiger partial charge in [0.25, 0.3) is 5.91 Å². The lowest BCUT2D eigenvalue weighted by molar-refractivity contribution is -0.123. The molecule has 0 aromatic heterocycles. The zero-order chi connectivity index (χ0) is 17.7. The van der Waals surface area contributed by atoms with Crippen LogP contribution in [0.4, 0.5) is 0 Å². The molecule has 7 heteroatoms. The van der Waals surface area contributed by atoms with Crippen molar-refractivity contribution in [1.82, 2.24) is 5.32 Å². The van der Waals surface area contributed by atoms with E-state index in [0.717, 1.165) is 11.1 Å². The van der Waals surface area contributed by atoms with Gasteiger partial charge >= 0.3 is 0 Å². The summed E-state index contributed by atoms with van der Waals surface area (Å²) in [6.07, 6.45) is 0.521. The van der Waals surface area contributed by atoms with Crippen molar-refractivity contribution in [2.24, 2.45) is 0 Å². The maximum absolute atomic E-state index is 11.8. The number of amides is 1. The Hall–Kier alpha value is -2.11. The lowest BCUT2D eigenvalue weighted by Gasteiger charge is -2.10. The zero-order valence-corrected chi connectivity index (χ0v) is 14.5. The van der Waals surface area contributed by atoms with Crippen LogP contribution in [0.2, 0.25) is 10.0 Å². The van der Waals surface area contributed by atoms with Crippen LogP contribution in [0.5, 0.6) is 17.2 Å². The van der Waals surface area contributed by atoms with E-state index in [-0.39, 0.29) is 24.0 Å². The predicted molar refractivity (Wildman–Crippen MR) is 93.2 cm³/mol. The number of hydrogen-bond acceptors (Lipinski definition) is 4. The van der Waals surface area contributed by atoms with Crippen molar-refractivity contribution in [3.8, 4) is 17.2 Å². The molecule has 0 spiro atoms. The molecule has 2 aromatic rings. The van der Waals surface area contributed by atoms with E-state index < -0.39 is 0 Å². The molecule has 0 fully saturated rings. The molecule has 1 amide bonds. The van der Waals surface area contributed by atoms with Gasteiger partial charge in [0.15, 0.2) is 18.1 Å². The average Bonchev–Trinajstić information content (AvgIpc) is 2.51. The quantitative estimate of drug-likeness (QED) is 0.681. The zero-order valence-electron chi connectivity index (χ0n) is 13.0. The van der Waals surface area contributed by atoms with E-state index in [1.807, 2.05) is 6.92 Å². The first-order valence-corrected chi connectivity index (χ1v) is 7.98. The lowest BCUT2D eigenvalue weighted by Crippen LogP contribution is -2.30. The summed E-state index contributed by atoms with van der Waals surface area (Å²) in [5.41, 5.74) is 1.68. The fraction of sp³-hybridized carbons (Fsp3) is 0.235. The number of phenols is 2. The molecule has 5 nitrogen and oxygen atoms in total. The maximum Gasteiger partial charge on any atom is 0.257 e. The number of phenolic OH excluding ortho intramolecular Hbond substituents is 2. The van der Waals surface area contributed by atoms with Gasteiger partial charge in [-0.25, -0.2) is 0 Å². The number of hydrogen-bond donors (Lipinski definition) is 3. The Morgan fingerprint density at radius 1 is 1.17 bits per heavy atom. The van der Waals surface area contributed by atoms with Crippen LogP contribution in [-0.4, -0.2) is 29.3 Å². The van der Waals surface area contributed by atoms with Crippen LogP contribution in [0.15, 0.2) is 30.3 Å². The van der Waals surface area contributed by atoms with Gasteiger partial charge in [0.1, 0.15) is 5.75 Å². The first-order valence-electron chi connectivity index (χ1n) is 7.23. The van der Waals surface area contributed by atoms with Crippen LogP contribution in [0.1, 0.15) is 11.1 Å². The summed E-state index contributed by atoms with van der Waals surface area (Å²) in [4.78, 5) is 11.8. The van der Waals surface area contributed by atoms with Crippen molar-refractivity contribution < 1.29 is 19.7 Å². The third-order valence-electron chi connectivity index (χ3n) is 3.40. The van der Waals surface area contributed by atoms with Gasteiger partial charge in [-0.15, -0.1) is 0 Å². The van der Waals surface area contributed by atoms with Crippen molar-refractivity contribution in [1.29, 1.82) is 0 Å². The van der Waals surface area contributed by atoms with Gasteiger partial charge in [0.2, 0.25) is 0 Å². The molecule has 3 N–H and O–H groups in total. The standard InChI is InChI=1S/C17H17Cl2NO4/c1-10-6-14(21)15(22)7-11(10)4-5-20-17(23)9-24-16-3-2-12(18)8-13(16)19/h2-3,6-8,21-22H,4-5,9H2,1H3,(H,20,23). The topological polar surface area (TPSA) is 78.8 Å². The smallest absolute Gasteiger partial charge is 0.257 e. The SMILES string of the molecule is Cc1cc(O)c(O)cc1CCNC(=O)COc1ccc(Cl)cc1Cl. The monoisotopic (exact) mass is 369 g/mol. The second kappa shape index (κ2) is 8.13. The molecule has 0 unspecified atom stereocenters. The molecular weight excluding hydrogens is 353 g/mol. The van der Waals surface area contributed by atoms with Crippen molar-refractivity contribution in [2.45, 2.75) is 13.3 Å². The molecule has 0 atom stereocenters. The number of benzene rings is 2. The van der Waals surface area contributed by atoms with E-state index in [1.165, 1.54) is 18.2 Å². The van der Waals surface area contributed by atoms with Crippen molar-refractivity contribution >= 4 is 29.1 Å². The maximum atomic E-state index is 11.8. The summed E-state index contributed by atoms with van der Waals surface area (Å²) >= 11 is 11.7. The molecule has 0 aliphatic heterocycles. The van der Waals surface area contributed by atoms with Crippen LogP contribution in [0.3, 0.4) is 0 Å². The molecule has 24 heavy (non-hydrogen) atoms. The minimum absolute atomic E-state index is 0.159. The molecule has 0 aliphatic rings. The Bertz CT molecular complexity index is 750. The molecule has 128 valence electrons. The van der Waals surface area contributed by atoms with Crippen molar-refractivity contribution in [3.05, 3.63) is 51.5 Å². The minimum Gasteiger partial charge on any atom is -0.504 e. The Morgan fingerprint density at radius 2 is 1.88 bits per heavy atom. The molecule has 0 aliphatic carbocycles. The molecular formula is C17H17Cl2NO4. The molecule has 2 aromatic carbocycles. The number of carbonyl (C=O) groups is 1. The Kier molecular flexibility index (Phi) is 6.17. The van der Waals surface area contributed by atoms with Crippen LogP contribution in [-0.2, 0) is 11.2 Å². The van der Waals surface area contributed by atoms with Crippen molar-refractivity contribution in [3.63, 3.8) is 0 Å². The molecule has 0 saturated carbocycles. The number of carbonyl (C=O) groups excluding carboxylic acids is 1. The Morgan fingerprint density at radius 3 is 2.58 bits per heavy atom. The highest BCUT2D eigenvalue weighted by atomic mass is 35.5. The van der Waals surface area contributed by atoms with Crippen LogP contribution in [0.25, 0.3) is 0 Å². The van der Waals surface area contributed by atoms with E-state index >= 15 is 0 Å². The van der Waals surface area contributed by atoms with Gasteiger partial charge in [-0.05, 0) is 54.8 Å². The van der Waals surface area contributed by atoms with E-state index in [4.69, 9.17) is 27.9 Å². The van der Waals surface area contributed by atoms with Gasteiger partial charge in [-0.3, -0.25) is 4.79 Å². The number of nitrogens with one attached hydrogen (secondary N) is 1. The summed E-state index contributed by atoms with van der Waals surface area (Å²) in [5.74, 6) is -0.242. The largest absolute Gasteiger partial charge is 0.504 e. The number of ether oxygens (including phenoxy) is 1. The van der Waals surface area contributed by atoms with Crippen molar-refractivity contribution in [2.75, 3.05) is 13.2 Å². The second-order valence-electron chi connectivity index (χ2n) is 5.23. The van der Waals surface area contributed by atoms with Gasteiger partial charge < -0.3 is 20.3 Å². The lowest BCUT2D eigenvalue weighted by atomic mass is 10.0. The molecule has 2 rings (SSSR count). The van der Waals surface area contributed by atoms with Gasteiger partial charge in [-0.1, -0.05) is 23.2 Å². The minimum atomic E-state index is -0.290. The van der Waals surface area contributed by atoms with E-state index in [9.17, 15) is 15.0 Å². The first kappa shape index (κ1) is 18.2.